The van der Waals surface area contributed by atoms with Crippen molar-refractivity contribution in [1.29, 1.82) is 0 Å². The molecule has 36 heavy (non-hydrogen) atoms. The fraction of sp³-hybridized carbons (Fsp3) is 0. The molecule has 0 heteroatoms. The van der Waals surface area contributed by atoms with Crippen molar-refractivity contribution >= 4 is 32.3 Å². The average molecular weight is 457 g/mol. The Balaban J connectivity index is 1.36. The van der Waals surface area contributed by atoms with Gasteiger partial charge in [-0.25, -0.2) is 0 Å². The van der Waals surface area contributed by atoms with Gasteiger partial charge in [0.15, 0.2) is 0 Å². The molecule has 7 aromatic rings. The van der Waals surface area contributed by atoms with E-state index in [9.17, 15) is 0 Å². The summed E-state index contributed by atoms with van der Waals surface area (Å²) in [6, 6.07) is 52.7. The molecule has 0 N–H and O–H groups in total. The third kappa shape index (κ3) is 3.39. The number of fused-ring (bicyclic) bond motifs is 3. The molecule has 0 aliphatic carbocycles. The van der Waals surface area contributed by atoms with Gasteiger partial charge in [0.1, 0.15) is 0 Å². The molecule has 0 fully saturated rings. The third-order valence-electron chi connectivity index (χ3n) is 7.30. The van der Waals surface area contributed by atoms with E-state index in [0.717, 1.165) is 0 Å². The van der Waals surface area contributed by atoms with Crippen LogP contribution in [0.2, 0.25) is 0 Å². The van der Waals surface area contributed by atoms with Crippen LogP contribution in [0.15, 0.2) is 146 Å². The van der Waals surface area contributed by atoms with E-state index in [1.165, 1.54) is 65.7 Å². The molecule has 7 aromatic carbocycles. The van der Waals surface area contributed by atoms with E-state index in [0.29, 0.717) is 0 Å². The molecule has 0 unspecified atom stereocenters. The Morgan fingerprint density at radius 1 is 0.222 bits per heavy atom. The number of benzene rings is 7. The van der Waals surface area contributed by atoms with E-state index in [4.69, 9.17) is 0 Å². The van der Waals surface area contributed by atoms with Crippen molar-refractivity contribution in [2.24, 2.45) is 0 Å². The maximum atomic E-state index is 2.29. The van der Waals surface area contributed by atoms with Gasteiger partial charge in [-0.3, -0.25) is 0 Å². The summed E-state index contributed by atoms with van der Waals surface area (Å²) in [6.45, 7) is 0. The molecule has 0 atom stereocenters. The van der Waals surface area contributed by atoms with Crippen LogP contribution in [-0.2, 0) is 0 Å². The van der Waals surface area contributed by atoms with E-state index in [1.54, 1.807) is 0 Å². The Morgan fingerprint density at radius 3 is 1.19 bits per heavy atom. The fourth-order valence-electron chi connectivity index (χ4n) is 5.55. The Labute approximate surface area is 211 Å². The molecule has 0 bridgehead atoms. The summed E-state index contributed by atoms with van der Waals surface area (Å²) in [6.07, 6.45) is 0. The summed E-state index contributed by atoms with van der Waals surface area (Å²) in [5.74, 6) is 0. The highest BCUT2D eigenvalue weighted by Crippen LogP contribution is 2.39. The summed E-state index contributed by atoms with van der Waals surface area (Å²) in [5, 5.41) is 7.68. The van der Waals surface area contributed by atoms with Crippen molar-refractivity contribution in [2.45, 2.75) is 0 Å². The van der Waals surface area contributed by atoms with E-state index >= 15 is 0 Å². The van der Waals surface area contributed by atoms with Crippen molar-refractivity contribution in [3.8, 4) is 33.4 Å². The largest absolute Gasteiger partial charge is 0.0616 e. The highest BCUT2D eigenvalue weighted by Gasteiger charge is 2.12. The summed E-state index contributed by atoms with van der Waals surface area (Å²) in [5.41, 5.74) is 7.57. The minimum absolute atomic E-state index is 1.24. The van der Waals surface area contributed by atoms with Crippen molar-refractivity contribution in [3.63, 3.8) is 0 Å². The Hall–Kier alpha value is -4.68. The van der Waals surface area contributed by atoms with Gasteiger partial charge in [0, 0.05) is 0 Å². The van der Waals surface area contributed by atoms with Crippen LogP contribution in [0.5, 0.6) is 0 Å². The van der Waals surface area contributed by atoms with Crippen molar-refractivity contribution in [2.75, 3.05) is 0 Å². The SMILES string of the molecule is c1ccc2c(-c3ccc(-c4ccc(-c5cccc6ccccc56)c5ccccc45)cc3)cccc2c1. The van der Waals surface area contributed by atoms with E-state index < -0.39 is 0 Å². The standard InChI is InChI=1S/C36H24/c1-3-13-29-25(9-1)11-7-17-30(29)27-19-21-28(22-20-27)32-23-24-36(35-16-6-5-15-33(32)35)34-18-8-12-26-10-2-4-14-31(26)34/h1-24H. The number of hydrogen-bond acceptors (Lipinski definition) is 0. The lowest BCUT2D eigenvalue weighted by molar-refractivity contribution is 1.62. The van der Waals surface area contributed by atoms with Crippen LogP contribution < -0.4 is 0 Å². The predicted molar refractivity (Wildman–Crippen MR) is 155 cm³/mol. The topological polar surface area (TPSA) is 0 Å². The quantitative estimate of drug-likeness (QED) is 0.248. The molecule has 0 heterocycles. The van der Waals surface area contributed by atoms with Crippen LogP contribution >= 0.6 is 0 Å². The maximum Gasteiger partial charge on any atom is -0.00987 e. The second kappa shape index (κ2) is 8.52. The van der Waals surface area contributed by atoms with Gasteiger partial charge in [0.25, 0.3) is 0 Å². The lowest BCUT2D eigenvalue weighted by Crippen LogP contribution is -1.88. The molecular formula is C36H24. The molecule has 0 spiro atoms. The van der Waals surface area contributed by atoms with E-state index in [-0.39, 0.29) is 0 Å². The second-order valence-electron chi connectivity index (χ2n) is 9.34. The van der Waals surface area contributed by atoms with Crippen molar-refractivity contribution in [1.82, 2.24) is 0 Å². The fourth-order valence-corrected chi connectivity index (χ4v) is 5.55. The first-order valence-electron chi connectivity index (χ1n) is 12.5. The zero-order valence-electron chi connectivity index (χ0n) is 19.9. The van der Waals surface area contributed by atoms with E-state index in [1.807, 2.05) is 0 Å². The first-order valence-corrected chi connectivity index (χ1v) is 12.5. The van der Waals surface area contributed by atoms with Crippen LogP contribution in [0.25, 0.3) is 65.7 Å². The minimum Gasteiger partial charge on any atom is -0.0616 e. The van der Waals surface area contributed by atoms with Crippen molar-refractivity contribution < 1.29 is 0 Å². The van der Waals surface area contributed by atoms with Gasteiger partial charge in [-0.15, -0.1) is 0 Å². The lowest BCUT2D eigenvalue weighted by Gasteiger charge is -2.14. The normalized spacial score (nSPS) is 11.3. The minimum atomic E-state index is 1.24. The Kier molecular flexibility index (Phi) is 4.89. The Bertz CT molecular complexity index is 1860. The molecule has 7 rings (SSSR count). The summed E-state index contributed by atoms with van der Waals surface area (Å²) >= 11 is 0. The molecule has 0 nitrogen and oxygen atoms in total. The van der Waals surface area contributed by atoms with Crippen LogP contribution in [-0.4, -0.2) is 0 Å². The first kappa shape index (κ1) is 20.7. The van der Waals surface area contributed by atoms with Gasteiger partial charge in [-0.1, -0.05) is 146 Å². The smallest absolute Gasteiger partial charge is 0.00987 e. The van der Waals surface area contributed by atoms with Gasteiger partial charge in [0.05, 0.1) is 0 Å². The molecule has 0 saturated heterocycles. The lowest BCUT2D eigenvalue weighted by atomic mass is 9.89. The molecular weight excluding hydrogens is 432 g/mol. The highest BCUT2D eigenvalue weighted by molar-refractivity contribution is 6.09. The van der Waals surface area contributed by atoms with Gasteiger partial charge in [-0.2, -0.15) is 0 Å². The highest BCUT2D eigenvalue weighted by atomic mass is 14.2. The van der Waals surface area contributed by atoms with Crippen LogP contribution in [0, 0.1) is 0 Å². The number of hydrogen-bond donors (Lipinski definition) is 0. The third-order valence-corrected chi connectivity index (χ3v) is 7.30. The second-order valence-corrected chi connectivity index (χ2v) is 9.34. The molecule has 0 saturated carbocycles. The predicted octanol–water partition coefficient (Wildman–Crippen LogP) is 10.1. The molecule has 168 valence electrons. The van der Waals surface area contributed by atoms with Crippen LogP contribution in [0.3, 0.4) is 0 Å². The van der Waals surface area contributed by atoms with E-state index in [2.05, 4.69) is 146 Å². The van der Waals surface area contributed by atoms with Crippen LogP contribution in [0.4, 0.5) is 0 Å². The molecule has 0 aliphatic rings. The zero-order valence-corrected chi connectivity index (χ0v) is 19.9. The maximum absolute atomic E-state index is 2.29. The summed E-state index contributed by atoms with van der Waals surface area (Å²) < 4.78 is 0. The van der Waals surface area contributed by atoms with Gasteiger partial charge >= 0.3 is 0 Å². The molecule has 0 radical (unpaired) electrons. The average Bonchev–Trinajstić information content (AvgIpc) is 2.96. The van der Waals surface area contributed by atoms with Crippen molar-refractivity contribution in [3.05, 3.63) is 146 Å². The van der Waals surface area contributed by atoms with Gasteiger partial charge in [0.2, 0.25) is 0 Å². The summed E-state index contributed by atoms with van der Waals surface area (Å²) in [7, 11) is 0. The van der Waals surface area contributed by atoms with Gasteiger partial charge < -0.3 is 0 Å². The van der Waals surface area contributed by atoms with Gasteiger partial charge in [-0.05, 0) is 65.7 Å². The number of rotatable bonds is 3. The molecule has 0 aromatic heterocycles. The first-order chi connectivity index (χ1) is 17.9. The summed E-state index contributed by atoms with van der Waals surface area (Å²) in [4.78, 5) is 0. The van der Waals surface area contributed by atoms with Crippen LogP contribution in [0.1, 0.15) is 0 Å². The molecule has 0 aliphatic heterocycles. The Morgan fingerprint density at radius 2 is 0.583 bits per heavy atom. The monoisotopic (exact) mass is 456 g/mol. The zero-order chi connectivity index (χ0) is 23.9. The molecule has 0 amide bonds.